The first-order valence-electron chi connectivity index (χ1n) is 10.0. The minimum absolute atomic E-state index is 0.233. The van der Waals surface area contributed by atoms with Gasteiger partial charge in [0.1, 0.15) is 11.9 Å². The third-order valence-electron chi connectivity index (χ3n) is 5.48. The van der Waals surface area contributed by atoms with Gasteiger partial charge in [0.2, 0.25) is 0 Å². The van der Waals surface area contributed by atoms with Gasteiger partial charge in [0.25, 0.3) is 5.91 Å². The Balaban J connectivity index is 1.39. The van der Waals surface area contributed by atoms with Crippen LogP contribution < -0.4 is 9.80 Å². The van der Waals surface area contributed by atoms with Crippen molar-refractivity contribution in [3.63, 3.8) is 0 Å². The van der Waals surface area contributed by atoms with Crippen molar-refractivity contribution in [2.45, 2.75) is 12.3 Å². The highest BCUT2D eigenvalue weighted by molar-refractivity contribution is 5.96. The zero-order valence-electron chi connectivity index (χ0n) is 17.0. The van der Waals surface area contributed by atoms with Gasteiger partial charge in [-0.25, -0.2) is 9.78 Å². The van der Waals surface area contributed by atoms with E-state index in [0.29, 0.717) is 24.6 Å². The van der Waals surface area contributed by atoms with Gasteiger partial charge in [-0.1, -0.05) is 12.1 Å². The van der Waals surface area contributed by atoms with E-state index < -0.39 is 29.8 Å². The molecule has 2 aliphatic heterocycles. The summed E-state index contributed by atoms with van der Waals surface area (Å²) in [5.74, 6) is -0.0188. The Bertz CT molecular complexity index is 991. The minimum atomic E-state index is -4.60. The van der Waals surface area contributed by atoms with Crippen molar-refractivity contribution >= 4 is 23.5 Å². The Morgan fingerprint density at radius 2 is 1.84 bits per heavy atom. The van der Waals surface area contributed by atoms with Crippen LogP contribution in [0.3, 0.4) is 0 Å². The summed E-state index contributed by atoms with van der Waals surface area (Å²) in [7, 11) is 0. The number of carbonyl (C=O) groups is 2. The molecular formula is C21H21F3N4O4. The van der Waals surface area contributed by atoms with E-state index in [1.54, 1.807) is 12.1 Å². The number of rotatable bonds is 4. The number of pyridine rings is 1. The van der Waals surface area contributed by atoms with Crippen LogP contribution in [0.25, 0.3) is 0 Å². The normalized spacial score (nSPS) is 19.3. The maximum absolute atomic E-state index is 13.2. The van der Waals surface area contributed by atoms with Gasteiger partial charge in [0.05, 0.1) is 36.2 Å². The number of benzene rings is 1. The number of hydrogen-bond acceptors (Lipinski definition) is 6. The van der Waals surface area contributed by atoms with Crippen molar-refractivity contribution in [2.75, 3.05) is 49.1 Å². The Kier molecular flexibility index (Phi) is 5.92. The SMILES string of the molecule is O=C(c1ccccc1C(F)(F)F)N1CCN(c2ccc(N3C[C@H](CO)OC3=O)cn2)CC1. The van der Waals surface area contributed by atoms with Crippen LogP contribution in [0, 0.1) is 0 Å². The highest BCUT2D eigenvalue weighted by atomic mass is 19.4. The van der Waals surface area contributed by atoms with Crippen molar-refractivity contribution in [1.29, 1.82) is 0 Å². The lowest BCUT2D eigenvalue weighted by Crippen LogP contribution is -2.49. The molecule has 1 atom stereocenters. The smallest absolute Gasteiger partial charge is 0.417 e. The molecule has 1 N–H and O–H groups in total. The number of hydrogen-bond donors (Lipinski definition) is 1. The number of amides is 2. The summed E-state index contributed by atoms with van der Waals surface area (Å²) >= 11 is 0. The molecule has 3 heterocycles. The number of carbonyl (C=O) groups excluding carboxylic acids is 2. The molecule has 0 bridgehead atoms. The molecule has 0 radical (unpaired) electrons. The lowest BCUT2D eigenvalue weighted by Gasteiger charge is -2.35. The number of halogens is 3. The van der Waals surface area contributed by atoms with E-state index in [-0.39, 0.29) is 31.8 Å². The van der Waals surface area contributed by atoms with Gasteiger partial charge in [0.15, 0.2) is 0 Å². The molecular weight excluding hydrogens is 429 g/mol. The predicted octanol–water partition coefficient (Wildman–Crippen LogP) is 2.38. The second-order valence-electron chi connectivity index (χ2n) is 7.50. The van der Waals surface area contributed by atoms with Crippen molar-refractivity contribution < 1.29 is 32.6 Å². The minimum Gasteiger partial charge on any atom is -0.441 e. The Morgan fingerprint density at radius 1 is 1.12 bits per heavy atom. The fourth-order valence-electron chi connectivity index (χ4n) is 3.78. The summed E-state index contributed by atoms with van der Waals surface area (Å²) in [5, 5.41) is 9.14. The first-order valence-corrected chi connectivity index (χ1v) is 10.0. The highest BCUT2D eigenvalue weighted by Crippen LogP contribution is 2.32. The van der Waals surface area contributed by atoms with Crippen molar-refractivity contribution in [2.24, 2.45) is 0 Å². The van der Waals surface area contributed by atoms with Crippen LogP contribution in [-0.4, -0.2) is 72.4 Å². The van der Waals surface area contributed by atoms with Crippen molar-refractivity contribution in [1.82, 2.24) is 9.88 Å². The third-order valence-corrected chi connectivity index (χ3v) is 5.48. The zero-order valence-corrected chi connectivity index (χ0v) is 17.0. The number of nitrogens with zero attached hydrogens (tertiary/aromatic N) is 4. The van der Waals surface area contributed by atoms with Crippen LogP contribution in [0.15, 0.2) is 42.6 Å². The van der Waals surface area contributed by atoms with Crippen LogP contribution in [-0.2, 0) is 10.9 Å². The van der Waals surface area contributed by atoms with Gasteiger partial charge in [0, 0.05) is 26.2 Å². The van der Waals surface area contributed by atoms with Crippen LogP contribution in [0.5, 0.6) is 0 Å². The standard InChI is InChI=1S/C21H21F3N4O4/c22-21(23,24)17-4-2-1-3-16(17)19(30)27-9-7-26(8-10-27)18-6-5-14(11-25-18)28-12-15(13-29)32-20(28)31/h1-6,11,15,29H,7-10,12-13H2/t15-/m1/s1. The van der Waals surface area contributed by atoms with Gasteiger partial charge in [-0.15, -0.1) is 0 Å². The number of anilines is 2. The Morgan fingerprint density at radius 3 is 2.44 bits per heavy atom. The average Bonchev–Trinajstić information content (AvgIpc) is 3.19. The summed E-state index contributed by atoms with van der Waals surface area (Å²) in [6, 6.07) is 8.23. The predicted molar refractivity (Wildman–Crippen MR) is 108 cm³/mol. The Hall–Kier alpha value is -3.34. The molecule has 2 fully saturated rings. The van der Waals surface area contributed by atoms with E-state index >= 15 is 0 Å². The van der Waals surface area contributed by atoms with Crippen LogP contribution >= 0.6 is 0 Å². The van der Waals surface area contributed by atoms with E-state index in [2.05, 4.69) is 4.98 Å². The molecule has 1 aromatic heterocycles. The average molecular weight is 450 g/mol. The van der Waals surface area contributed by atoms with Crippen LogP contribution in [0.1, 0.15) is 15.9 Å². The topological polar surface area (TPSA) is 86.2 Å². The quantitative estimate of drug-likeness (QED) is 0.770. The molecule has 8 nitrogen and oxygen atoms in total. The van der Waals surface area contributed by atoms with E-state index in [1.165, 1.54) is 34.2 Å². The largest absolute Gasteiger partial charge is 0.441 e. The summed E-state index contributed by atoms with van der Waals surface area (Å²) < 4.78 is 44.7. The molecule has 32 heavy (non-hydrogen) atoms. The molecule has 2 amide bonds. The molecule has 0 unspecified atom stereocenters. The summed E-state index contributed by atoms with van der Waals surface area (Å²) in [5.41, 5.74) is -0.754. The molecule has 170 valence electrons. The number of aliphatic hydroxyl groups excluding tert-OH is 1. The molecule has 0 aliphatic carbocycles. The summed E-state index contributed by atoms with van der Waals surface area (Å²) in [6.07, 6.45) is -4.20. The van der Waals surface area contributed by atoms with E-state index in [9.17, 15) is 22.8 Å². The fraction of sp³-hybridized carbons (Fsp3) is 0.381. The molecule has 0 spiro atoms. The first kappa shape index (κ1) is 21.9. The van der Waals surface area contributed by atoms with Crippen molar-refractivity contribution in [3.8, 4) is 0 Å². The Labute approximate surface area is 181 Å². The third kappa shape index (κ3) is 4.33. The molecule has 1 aromatic carbocycles. The highest BCUT2D eigenvalue weighted by Gasteiger charge is 2.36. The monoisotopic (exact) mass is 450 g/mol. The van der Waals surface area contributed by atoms with Gasteiger partial charge < -0.3 is 19.6 Å². The molecule has 0 saturated carbocycles. The van der Waals surface area contributed by atoms with E-state index in [1.807, 2.05) is 4.90 Å². The zero-order chi connectivity index (χ0) is 22.9. The number of ether oxygens (including phenoxy) is 1. The lowest BCUT2D eigenvalue weighted by molar-refractivity contribution is -0.138. The maximum Gasteiger partial charge on any atom is 0.417 e. The van der Waals surface area contributed by atoms with Gasteiger partial charge in [-0.3, -0.25) is 9.69 Å². The summed E-state index contributed by atoms with van der Waals surface area (Å²) in [6.45, 7) is 1.30. The summed E-state index contributed by atoms with van der Waals surface area (Å²) in [4.78, 5) is 33.7. The van der Waals surface area contributed by atoms with Crippen molar-refractivity contribution in [3.05, 3.63) is 53.7 Å². The molecule has 2 saturated heterocycles. The molecule has 2 aliphatic rings. The second-order valence-corrected chi connectivity index (χ2v) is 7.50. The van der Waals surface area contributed by atoms with E-state index in [0.717, 1.165) is 6.07 Å². The number of alkyl halides is 3. The molecule has 11 heteroatoms. The fourth-order valence-corrected chi connectivity index (χ4v) is 3.78. The van der Waals surface area contributed by atoms with Gasteiger partial charge in [-0.2, -0.15) is 13.2 Å². The molecule has 4 rings (SSSR count). The van der Waals surface area contributed by atoms with Gasteiger partial charge >= 0.3 is 12.3 Å². The lowest BCUT2D eigenvalue weighted by atomic mass is 10.1. The molecule has 2 aromatic rings. The second kappa shape index (κ2) is 8.65. The first-order chi connectivity index (χ1) is 15.3. The number of aromatic nitrogens is 1. The van der Waals surface area contributed by atoms with Crippen LogP contribution in [0.2, 0.25) is 0 Å². The van der Waals surface area contributed by atoms with Crippen LogP contribution in [0.4, 0.5) is 29.5 Å². The van der Waals surface area contributed by atoms with Gasteiger partial charge in [-0.05, 0) is 24.3 Å². The number of piperazine rings is 1. The number of aliphatic hydroxyl groups is 1. The number of cyclic esters (lactones) is 1. The maximum atomic E-state index is 13.2. The van der Waals surface area contributed by atoms with E-state index in [4.69, 9.17) is 9.84 Å².